The number of rotatable bonds is 3. The van der Waals surface area contributed by atoms with Crippen LogP contribution in [0.4, 0.5) is 0 Å². The molecule has 1 saturated carbocycles. The minimum absolute atomic E-state index is 0.0246. The van der Waals surface area contributed by atoms with Crippen molar-refractivity contribution in [3.8, 4) is 5.88 Å². The molecule has 0 unspecified atom stereocenters. The average Bonchev–Trinajstić information content (AvgIpc) is 2.48. The van der Waals surface area contributed by atoms with E-state index in [1.54, 1.807) is 18.3 Å². The van der Waals surface area contributed by atoms with E-state index in [1.165, 1.54) is 0 Å². The summed E-state index contributed by atoms with van der Waals surface area (Å²) < 4.78 is 5.90. The quantitative estimate of drug-likeness (QED) is 0.887. The molecule has 0 radical (unpaired) electrons. The molecule has 0 saturated heterocycles. The van der Waals surface area contributed by atoms with Crippen LogP contribution in [0, 0.1) is 0 Å². The Hall–Kier alpha value is -2.21. The molecule has 0 spiro atoms. The van der Waals surface area contributed by atoms with Crippen LogP contribution in [0.3, 0.4) is 0 Å². The van der Waals surface area contributed by atoms with Crippen LogP contribution in [-0.2, 0) is 0 Å². The Labute approximate surface area is 122 Å². The van der Waals surface area contributed by atoms with Crippen LogP contribution in [0.25, 0.3) is 11.0 Å². The highest BCUT2D eigenvalue weighted by molar-refractivity contribution is 5.98. The number of amides is 1. The number of fused-ring (bicyclic) bond motifs is 1. The van der Waals surface area contributed by atoms with Crippen molar-refractivity contribution >= 4 is 16.9 Å². The summed E-state index contributed by atoms with van der Waals surface area (Å²) >= 11 is 0. The lowest BCUT2D eigenvalue weighted by atomic mass is 9.94. The first-order chi connectivity index (χ1) is 10.1. The number of carbonyl (C=O) groups excluding carboxylic acids is 1. The summed E-state index contributed by atoms with van der Waals surface area (Å²) in [6.07, 6.45) is 5.24. The molecule has 0 aliphatic heterocycles. The average molecular weight is 286 g/mol. The minimum Gasteiger partial charge on any atom is -0.474 e. The number of aromatic nitrogens is 2. The highest BCUT2D eigenvalue weighted by Crippen LogP contribution is 2.26. The largest absolute Gasteiger partial charge is 0.474 e. The van der Waals surface area contributed by atoms with Crippen LogP contribution in [0.15, 0.2) is 24.4 Å². The summed E-state index contributed by atoms with van der Waals surface area (Å²) in [5.41, 5.74) is 12.2. The lowest BCUT2D eigenvalue weighted by molar-refractivity contribution is 0.0983. The molecule has 21 heavy (non-hydrogen) atoms. The van der Waals surface area contributed by atoms with Gasteiger partial charge < -0.3 is 16.2 Å². The Morgan fingerprint density at radius 1 is 1.29 bits per heavy atom. The fraction of sp³-hybridized carbons (Fsp3) is 0.400. The van der Waals surface area contributed by atoms with Gasteiger partial charge in [0.2, 0.25) is 5.88 Å². The van der Waals surface area contributed by atoms with Gasteiger partial charge in [0.1, 0.15) is 11.7 Å². The molecular weight excluding hydrogens is 268 g/mol. The van der Waals surface area contributed by atoms with Crippen molar-refractivity contribution in [3.05, 3.63) is 30.0 Å². The van der Waals surface area contributed by atoms with Crippen molar-refractivity contribution in [1.82, 2.24) is 9.97 Å². The van der Waals surface area contributed by atoms with Gasteiger partial charge in [0.05, 0.1) is 0 Å². The Bertz CT molecular complexity index is 666. The highest BCUT2D eigenvalue weighted by Gasteiger charge is 2.23. The zero-order valence-electron chi connectivity index (χ0n) is 11.7. The van der Waals surface area contributed by atoms with Gasteiger partial charge in [-0.2, -0.15) is 4.98 Å². The molecule has 0 bridgehead atoms. The molecule has 1 aliphatic rings. The Morgan fingerprint density at radius 2 is 2.05 bits per heavy atom. The predicted molar refractivity (Wildman–Crippen MR) is 78.9 cm³/mol. The topological polar surface area (TPSA) is 104 Å². The first kappa shape index (κ1) is 13.8. The zero-order chi connectivity index (χ0) is 14.8. The number of carbonyl (C=O) groups is 1. The van der Waals surface area contributed by atoms with Gasteiger partial charge in [-0.15, -0.1) is 0 Å². The number of hydrogen-bond donors (Lipinski definition) is 2. The molecule has 4 N–H and O–H groups in total. The van der Waals surface area contributed by atoms with E-state index in [9.17, 15) is 4.79 Å². The van der Waals surface area contributed by atoms with E-state index in [-0.39, 0.29) is 18.0 Å². The molecule has 110 valence electrons. The summed E-state index contributed by atoms with van der Waals surface area (Å²) in [5, 5.41) is 0.768. The third-order valence-electron chi connectivity index (χ3n) is 3.82. The number of nitrogens with two attached hydrogens (primary N) is 2. The molecule has 0 aromatic carbocycles. The van der Waals surface area contributed by atoms with Gasteiger partial charge in [-0.25, -0.2) is 4.98 Å². The molecule has 1 amide bonds. The van der Waals surface area contributed by atoms with E-state index >= 15 is 0 Å². The number of nitrogens with zero attached hydrogens (tertiary/aromatic N) is 2. The van der Waals surface area contributed by atoms with Gasteiger partial charge in [0, 0.05) is 17.6 Å². The maximum absolute atomic E-state index is 11.6. The second kappa shape index (κ2) is 5.65. The number of primary amides is 1. The van der Waals surface area contributed by atoms with Gasteiger partial charge >= 0.3 is 0 Å². The van der Waals surface area contributed by atoms with Gasteiger partial charge in [-0.05, 0) is 43.9 Å². The molecule has 6 nitrogen and oxygen atoms in total. The molecule has 1 fully saturated rings. The minimum atomic E-state index is -0.546. The Morgan fingerprint density at radius 3 is 2.76 bits per heavy atom. The second-order valence-corrected chi connectivity index (χ2v) is 5.41. The van der Waals surface area contributed by atoms with Gasteiger partial charge in [0.25, 0.3) is 5.91 Å². The van der Waals surface area contributed by atoms with E-state index in [1.807, 2.05) is 6.07 Å². The summed E-state index contributed by atoms with van der Waals surface area (Å²) in [7, 11) is 0. The Kier molecular flexibility index (Phi) is 3.70. The first-order valence-corrected chi connectivity index (χ1v) is 7.11. The van der Waals surface area contributed by atoms with Gasteiger partial charge in [-0.1, -0.05) is 0 Å². The van der Waals surface area contributed by atoms with E-state index < -0.39 is 5.91 Å². The van der Waals surface area contributed by atoms with Crippen molar-refractivity contribution in [3.63, 3.8) is 0 Å². The summed E-state index contributed by atoms with van der Waals surface area (Å²) in [5.74, 6) is -0.273. The lowest BCUT2D eigenvalue weighted by Gasteiger charge is -2.26. The summed E-state index contributed by atoms with van der Waals surface area (Å²) in [4.78, 5) is 20.1. The fourth-order valence-corrected chi connectivity index (χ4v) is 2.62. The van der Waals surface area contributed by atoms with E-state index in [0.29, 0.717) is 11.2 Å². The smallest absolute Gasteiger partial charge is 0.254 e. The molecule has 2 aromatic rings. The molecule has 6 heteroatoms. The van der Waals surface area contributed by atoms with Crippen LogP contribution >= 0.6 is 0 Å². The van der Waals surface area contributed by atoms with Crippen molar-refractivity contribution < 1.29 is 9.53 Å². The maximum Gasteiger partial charge on any atom is 0.254 e. The SMILES string of the molecule is NC(=O)c1cc2cccnc2nc1OC1CCC(N)CC1. The van der Waals surface area contributed by atoms with Gasteiger partial charge in [-0.3, -0.25) is 4.79 Å². The number of ether oxygens (including phenoxy) is 1. The third-order valence-corrected chi connectivity index (χ3v) is 3.82. The van der Waals surface area contributed by atoms with Crippen molar-refractivity contribution in [2.24, 2.45) is 11.5 Å². The number of pyridine rings is 2. The predicted octanol–water partition coefficient (Wildman–Crippen LogP) is 1.38. The van der Waals surface area contributed by atoms with Crippen LogP contribution in [0.2, 0.25) is 0 Å². The fourth-order valence-electron chi connectivity index (χ4n) is 2.62. The third kappa shape index (κ3) is 2.95. The normalized spacial score (nSPS) is 22.1. The van der Waals surface area contributed by atoms with E-state index in [4.69, 9.17) is 16.2 Å². The summed E-state index contributed by atoms with van der Waals surface area (Å²) in [6, 6.07) is 5.55. The molecule has 1 aliphatic carbocycles. The van der Waals surface area contributed by atoms with Gasteiger partial charge in [0.15, 0.2) is 5.65 Å². The van der Waals surface area contributed by atoms with Crippen molar-refractivity contribution in [2.75, 3.05) is 0 Å². The van der Waals surface area contributed by atoms with E-state index in [0.717, 1.165) is 31.1 Å². The van der Waals surface area contributed by atoms with E-state index in [2.05, 4.69) is 9.97 Å². The first-order valence-electron chi connectivity index (χ1n) is 7.11. The van der Waals surface area contributed by atoms with Crippen molar-refractivity contribution in [2.45, 2.75) is 37.8 Å². The van der Waals surface area contributed by atoms with Crippen LogP contribution < -0.4 is 16.2 Å². The maximum atomic E-state index is 11.6. The van der Waals surface area contributed by atoms with Crippen LogP contribution in [0.1, 0.15) is 36.0 Å². The molecule has 0 atom stereocenters. The zero-order valence-corrected chi connectivity index (χ0v) is 11.7. The summed E-state index contributed by atoms with van der Waals surface area (Å²) in [6.45, 7) is 0. The second-order valence-electron chi connectivity index (χ2n) is 5.41. The number of hydrogen-bond acceptors (Lipinski definition) is 5. The highest BCUT2D eigenvalue weighted by atomic mass is 16.5. The Balaban J connectivity index is 1.92. The van der Waals surface area contributed by atoms with Crippen LogP contribution in [-0.4, -0.2) is 28.0 Å². The molecule has 2 heterocycles. The lowest BCUT2D eigenvalue weighted by Crippen LogP contribution is -2.32. The monoisotopic (exact) mass is 286 g/mol. The molecule has 3 rings (SSSR count). The van der Waals surface area contributed by atoms with Crippen molar-refractivity contribution in [1.29, 1.82) is 0 Å². The standard InChI is InChI=1S/C15H18N4O2/c16-10-3-5-11(6-4-10)21-15-12(13(17)20)8-9-2-1-7-18-14(9)19-15/h1-2,7-8,10-11H,3-6,16H2,(H2,17,20). The molecule has 2 aromatic heterocycles. The molecular formula is C15H18N4O2. The van der Waals surface area contributed by atoms with Crippen LogP contribution in [0.5, 0.6) is 5.88 Å².